The number of non-ortho nitro benzene ring substituents is 1. The van der Waals surface area contributed by atoms with Gasteiger partial charge in [-0.3, -0.25) is 10.1 Å². The molecule has 1 aromatic carbocycles. The van der Waals surface area contributed by atoms with Crippen LogP contribution in [-0.4, -0.2) is 49.9 Å². The molecule has 0 radical (unpaired) electrons. The fourth-order valence-corrected chi connectivity index (χ4v) is 4.39. The van der Waals surface area contributed by atoms with Crippen molar-refractivity contribution in [3.63, 3.8) is 0 Å². The molecule has 0 bridgehead atoms. The predicted octanol–water partition coefficient (Wildman–Crippen LogP) is 1.40. The maximum Gasteiger partial charge on any atom is 0.271 e. The highest BCUT2D eigenvalue weighted by molar-refractivity contribution is 7.89. The maximum atomic E-state index is 12.8. The summed E-state index contributed by atoms with van der Waals surface area (Å²) in [6.45, 7) is 4.39. The first-order valence-electron chi connectivity index (χ1n) is 6.84. The zero-order valence-corrected chi connectivity index (χ0v) is 14.7. The number of nitro groups is 1. The molecule has 8 nitrogen and oxygen atoms in total. The summed E-state index contributed by atoms with van der Waals surface area (Å²) in [4.78, 5) is 10.1. The van der Waals surface area contributed by atoms with Crippen LogP contribution in [0.4, 0.5) is 5.69 Å². The first-order chi connectivity index (χ1) is 10.3. The van der Waals surface area contributed by atoms with Crippen molar-refractivity contribution in [3.8, 4) is 5.75 Å². The van der Waals surface area contributed by atoms with E-state index in [1.165, 1.54) is 23.5 Å². The third kappa shape index (κ3) is 4.11. The molecule has 0 spiro atoms. The van der Waals surface area contributed by atoms with E-state index in [1.54, 1.807) is 0 Å². The molecule has 0 amide bonds. The fourth-order valence-electron chi connectivity index (χ4n) is 2.59. The number of nitro benzene ring substituents is 1. The zero-order chi connectivity index (χ0) is 16.5. The number of piperazine rings is 1. The van der Waals surface area contributed by atoms with Gasteiger partial charge in [-0.1, -0.05) is 0 Å². The van der Waals surface area contributed by atoms with Gasteiger partial charge in [0, 0.05) is 37.3 Å². The molecule has 1 fully saturated rings. The summed E-state index contributed by atoms with van der Waals surface area (Å²) in [5, 5.41) is 14.2. The minimum atomic E-state index is -3.86. The Hall–Kier alpha value is -1.42. The number of methoxy groups -OCH3 is 1. The average molecular weight is 366 g/mol. The normalized spacial score (nSPS) is 22.2. The Kier molecular flexibility index (Phi) is 6.34. The Morgan fingerprint density at radius 1 is 1.30 bits per heavy atom. The lowest BCUT2D eigenvalue weighted by Crippen LogP contribution is -2.55. The van der Waals surface area contributed by atoms with E-state index in [4.69, 9.17) is 4.74 Å². The molecule has 1 aliphatic heterocycles. The molecule has 130 valence electrons. The number of sulfonamides is 1. The van der Waals surface area contributed by atoms with Gasteiger partial charge in [0.2, 0.25) is 10.0 Å². The highest BCUT2D eigenvalue weighted by Crippen LogP contribution is 2.31. The summed E-state index contributed by atoms with van der Waals surface area (Å²) < 4.78 is 32.1. The first kappa shape index (κ1) is 19.6. The largest absolute Gasteiger partial charge is 0.495 e. The van der Waals surface area contributed by atoms with Crippen LogP contribution in [0, 0.1) is 10.1 Å². The van der Waals surface area contributed by atoms with E-state index in [0.29, 0.717) is 13.1 Å². The smallest absolute Gasteiger partial charge is 0.271 e. The van der Waals surface area contributed by atoms with Crippen molar-refractivity contribution in [1.29, 1.82) is 0 Å². The van der Waals surface area contributed by atoms with Gasteiger partial charge in [-0.25, -0.2) is 8.42 Å². The monoisotopic (exact) mass is 365 g/mol. The van der Waals surface area contributed by atoms with Crippen LogP contribution >= 0.6 is 12.4 Å². The number of halogens is 1. The Labute approximate surface area is 141 Å². The SMILES string of the molecule is COc1ccc([N+](=O)[O-])cc1S(=O)(=O)N1CC(C)NC(C)C1.Cl. The quantitative estimate of drug-likeness (QED) is 0.639. The summed E-state index contributed by atoms with van der Waals surface area (Å²) in [5.41, 5.74) is -0.282. The Morgan fingerprint density at radius 3 is 2.35 bits per heavy atom. The van der Waals surface area contributed by atoms with Crippen molar-refractivity contribution in [2.45, 2.75) is 30.8 Å². The topological polar surface area (TPSA) is 102 Å². The van der Waals surface area contributed by atoms with Gasteiger partial charge in [0.05, 0.1) is 12.0 Å². The van der Waals surface area contributed by atoms with Gasteiger partial charge in [0.15, 0.2) is 0 Å². The predicted molar refractivity (Wildman–Crippen MR) is 87.7 cm³/mol. The second-order valence-electron chi connectivity index (χ2n) is 5.38. The molecular formula is C13H20ClN3O5S. The number of nitrogens with one attached hydrogen (secondary N) is 1. The van der Waals surface area contributed by atoms with Crippen LogP contribution in [0.1, 0.15) is 13.8 Å². The Balaban J connectivity index is 0.00000264. The van der Waals surface area contributed by atoms with E-state index in [1.807, 2.05) is 13.8 Å². The third-order valence-corrected chi connectivity index (χ3v) is 5.35. The van der Waals surface area contributed by atoms with E-state index >= 15 is 0 Å². The highest BCUT2D eigenvalue weighted by atomic mass is 35.5. The Morgan fingerprint density at radius 2 is 1.87 bits per heavy atom. The number of hydrogen-bond donors (Lipinski definition) is 1. The van der Waals surface area contributed by atoms with Crippen LogP contribution in [0.25, 0.3) is 0 Å². The van der Waals surface area contributed by atoms with Crippen molar-refractivity contribution in [2.75, 3.05) is 20.2 Å². The molecule has 0 saturated carbocycles. The van der Waals surface area contributed by atoms with Crippen molar-refractivity contribution >= 4 is 28.1 Å². The van der Waals surface area contributed by atoms with Crippen LogP contribution in [0.3, 0.4) is 0 Å². The van der Waals surface area contributed by atoms with Gasteiger partial charge in [-0.2, -0.15) is 4.31 Å². The summed E-state index contributed by atoms with van der Waals surface area (Å²) in [7, 11) is -2.53. The molecule has 2 rings (SSSR count). The molecule has 1 aliphatic rings. The second-order valence-corrected chi connectivity index (χ2v) is 7.29. The Bertz CT molecular complexity index is 672. The summed E-state index contributed by atoms with van der Waals surface area (Å²) in [6, 6.07) is 3.58. The second kappa shape index (κ2) is 7.43. The number of nitrogens with zero attached hydrogens (tertiary/aromatic N) is 2. The lowest BCUT2D eigenvalue weighted by Gasteiger charge is -2.35. The van der Waals surface area contributed by atoms with E-state index < -0.39 is 14.9 Å². The number of ether oxygens (including phenoxy) is 1. The molecule has 1 heterocycles. The van der Waals surface area contributed by atoms with Gasteiger partial charge >= 0.3 is 0 Å². The summed E-state index contributed by atoms with van der Waals surface area (Å²) in [6.07, 6.45) is 0. The van der Waals surface area contributed by atoms with Crippen molar-refractivity contribution in [2.24, 2.45) is 0 Å². The van der Waals surface area contributed by atoms with Gasteiger partial charge in [-0.05, 0) is 19.9 Å². The van der Waals surface area contributed by atoms with Crippen LogP contribution < -0.4 is 10.1 Å². The van der Waals surface area contributed by atoms with Gasteiger partial charge in [-0.15, -0.1) is 12.4 Å². The fraction of sp³-hybridized carbons (Fsp3) is 0.538. The number of benzene rings is 1. The standard InChI is InChI=1S/C13H19N3O5S.ClH/c1-9-7-15(8-10(2)14-9)22(19,20)13-6-11(16(17)18)4-5-12(13)21-3;/h4-6,9-10,14H,7-8H2,1-3H3;1H. The first-order valence-corrected chi connectivity index (χ1v) is 8.28. The van der Waals surface area contributed by atoms with Crippen LogP contribution in [-0.2, 0) is 10.0 Å². The molecule has 10 heteroatoms. The molecular weight excluding hydrogens is 346 g/mol. The number of hydrogen-bond acceptors (Lipinski definition) is 6. The minimum absolute atomic E-state index is 0. The van der Waals surface area contributed by atoms with Crippen LogP contribution in [0.2, 0.25) is 0 Å². The van der Waals surface area contributed by atoms with Crippen molar-refractivity contribution in [1.82, 2.24) is 9.62 Å². The van der Waals surface area contributed by atoms with E-state index in [2.05, 4.69) is 5.32 Å². The molecule has 1 aromatic rings. The number of rotatable bonds is 4. The minimum Gasteiger partial charge on any atom is -0.495 e. The third-order valence-electron chi connectivity index (χ3n) is 3.50. The molecule has 0 aliphatic carbocycles. The van der Waals surface area contributed by atoms with E-state index in [-0.39, 0.29) is 40.8 Å². The summed E-state index contributed by atoms with van der Waals surface area (Å²) in [5.74, 6) is 0.101. The summed E-state index contributed by atoms with van der Waals surface area (Å²) >= 11 is 0. The van der Waals surface area contributed by atoms with E-state index in [9.17, 15) is 18.5 Å². The zero-order valence-electron chi connectivity index (χ0n) is 13.1. The van der Waals surface area contributed by atoms with Crippen LogP contribution in [0.5, 0.6) is 5.75 Å². The molecule has 23 heavy (non-hydrogen) atoms. The average Bonchev–Trinajstić information content (AvgIpc) is 2.45. The van der Waals surface area contributed by atoms with Crippen molar-refractivity contribution in [3.05, 3.63) is 28.3 Å². The lowest BCUT2D eigenvalue weighted by atomic mass is 10.2. The lowest BCUT2D eigenvalue weighted by molar-refractivity contribution is -0.385. The molecule has 2 atom stereocenters. The molecule has 2 unspecified atom stereocenters. The van der Waals surface area contributed by atoms with Gasteiger partial charge in [0.1, 0.15) is 10.6 Å². The maximum absolute atomic E-state index is 12.8. The molecule has 1 N–H and O–H groups in total. The van der Waals surface area contributed by atoms with Gasteiger partial charge in [0.25, 0.3) is 5.69 Å². The molecule has 0 aromatic heterocycles. The highest BCUT2D eigenvalue weighted by Gasteiger charge is 2.34. The van der Waals surface area contributed by atoms with Crippen LogP contribution in [0.15, 0.2) is 23.1 Å². The van der Waals surface area contributed by atoms with E-state index in [0.717, 1.165) is 6.07 Å². The van der Waals surface area contributed by atoms with Crippen molar-refractivity contribution < 1.29 is 18.1 Å². The molecule has 1 saturated heterocycles. The van der Waals surface area contributed by atoms with Gasteiger partial charge < -0.3 is 10.1 Å².